The molecule has 0 unspecified atom stereocenters. The fourth-order valence-corrected chi connectivity index (χ4v) is 2.21. The molecule has 108 valence electrons. The number of hydrogen-bond acceptors (Lipinski definition) is 4. The van der Waals surface area contributed by atoms with Crippen molar-refractivity contribution in [2.75, 3.05) is 5.73 Å². The largest absolute Gasteiger partial charge is 0.399 e. The van der Waals surface area contributed by atoms with Crippen LogP contribution in [0.3, 0.4) is 0 Å². The predicted octanol–water partition coefficient (Wildman–Crippen LogP) is 1.80. The van der Waals surface area contributed by atoms with Crippen LogP contribution in [0.2, 0.25) is 0 Å². The van der Waals surface area contributed by atoms with Crippen molar-refractivity contribution in [1.29, 1.82) is 0 Å². The Balaban J connectivity index is 2.00. The fraction of sp³-hybridized carbons (Fsp3) is 0.267. The zero-order chi connectivity index (χ0) is 15.0. The average molecular weight is 283 g/mol. The van der Waals surface area contributed by atoms with Crippen LogP contribution in [0.4, 0.5) is 5.69 Å². The lowest BCUT2D eigenvalue weighted by atomic mass is 10.2. The smallest absolute Gasteiger partial charge is 0.261 e. The Labute approximate surface area is 121 Å². The Morgan fingerprint density at radius 2 is 2.10 bits per heavy atom. The van der Waals surface area contributed by atoms with Crippen molar-refractivity contribution in [3.63, 3.8) is 0 Å². The molecule has 0 aliphatic heterocycles. The van der Waals surface area contributed by atoms with Crippen molar-refractivity contribution >= 4 is 16.6 Å². The summed E-state index contributed by atoms with van der Waals surface area (Å²) in [4.78, 5) is 16.8. The molecule has 0 saturated heterocycles. The lowest BCUT2D eigenvalue weighted by Gasteiger charge is -2.06. The number of fused-ring (bicyclic) bond motifs is 1. The van der Waals surface area contributed by atoms with Crippen LogP contribution in [-0.4, -0.2) is 19.3 Å². The minimum absolute atomic E-state index is 0.105. The minimum atomic E-state index is -0.105. The predicted molar refractivity (Wildman–Crippen MR) is 82.1 cm³/mol. The van der Waals surface area contributed by atoms with Gasteiger partial charge in [0, 0.05) is 17.9 Å². The molecule has 0 radical (unpaired) electrons. The van der Waals surface area contributed by atoms with Gasteiger partial charge in [-0.2, -0.15) is 5.10 Å². The highest BCUT2D eigenvalue weighted by atomic mass is 16.1. The first kappa shape index (κ1) is 13.4. The maximum Gasteiger partial charge on any atom is 0.261 e. The van der Waals surface area contributed by atoms with E-state index in [0.717, 1.165) is 5.69 Å². The summed E-state index contributed by atoms with van der Waals surface area (Å²) < 4.78 is 3.42. The third-order valence-electron chi connectivity index (χ3n) is 3.37. The lowest BCUT2D eigenvalue weighted by molar-refractivity contribution is 0.523. The molecule has 0 fully saturated rings. The van der Waals surface area contributed by atoms with E-state index in [1.165, 1.54) is 0 Å². The monoisotopic (exact) mass is 283 g/mol. The van der Waals surface area contributed by atoms with Crippen molar-refractivity contribution in [1.82, 2.24) is 19.3 Å². The van der Waals surface area contributed by atoms with E-state index in [4.69, 9.17) is 5.73 Å². The van der Waals surface area contributed by atoms with Crippen LogP contribution >= 0.6 is 0 Å². The van der Waals surface area contributed by atoms with Gasteiger partial charge in [0.25, 0.3) is 5.56 Å². The number of nitrogen functional groups attached to an aromatic ring is 1. The van der Waals surface area contributed by atoms with E-state index in [0.29, 0.717) is 29.2 Å². The van der Waals surface area contributed by atoms with Crippen LogP contribution in [0.25, 0.3) is 10.9 Å². The van der Waals surface area contributed by atoms with Crippen LogP contribution in [0, 0.1) is 0 Å². The molecule has 2 N–H and O–H groups in total. The van der Waals surface area contributed by atoms with Gasteiger partial charge in [0.05, 0.1) is 29.5 Å². The van der Waals surface area contributed by atoms with E-state index in [1.807, 2.05) is 16.9 Å². The van der Waals surface area contributed by atoms with Crippen molar-refractivity contribution < 1.29 is 0 Å². The summed E-state index contributed by atoms with van der Waals surface area (Å²) in [5, 5.41) is 4.98. The van der Waals surface area contributed by atoms with Gasteiger partial charge >= 0.3 is 0 Å². The van der Waals surface area contributed by atoms with Gasteiger partial charge in [-0.15, -0.1) is 0 Å². The van der Waals surface area contributed by atoms with Gasteiger partial charge in [0.1, 0.15) is 0 Å². The van der Waals surface area contributed by atoms with Crippen molar-refractivity contribution in [2.24, 2.45) is 0 Å². The molecule has 1 aromatic carbocycles. The summed E-state index contributed by atoms with van der Waals surface area (Å²) in [5.74, 6) is 0. The molecule has 21 heavy (non-hydrogen) atoms. The second-order valence-corrected chi connectivity index (χ2v) is 5.34. The normalized spacial score (nSPS) is 11.4. The summed E-state index contributed by atoms with van der Waals surface area (Å²) in [5.41, 5.74) is 7.67. The van der Waals surface area contributed by atoms with E-state index < -0.39 is 0 Å². The second-order valence-electron chi connectivity index (χ2n) is 5.34. The maximum atomic E-state index is 12.5. The highest BCUT2D eigenvalue weighted by molar-refractivity contribution is 5.80. The number of nitrogens with zero attached hydrogens (tertiary/aromatic N) is 4. The molecule has 0 bridgehead atoms. The van der Waals surface area contributed by atoms with Gasteiger partial charge in [0.15, 0.2) is 0 Å². The number of hydrogen-bond donors (Lipinski definition) is 1. The Morgan fingerprint density at radius 3 is 2.81 bits per heavy atom. The van der Waals surface area contributed by atoms with Gasteiger partial charge in [0.2, 0.25) is 0 Å². The van der Waals surface area contributed by atoms with Gasteiger partial charge in [-0.1, -0.05) is 0 Å². The average Bonchev–Trinajstić information content (AvgIpc) is 2.91. The summed E-state index contributed by atoms with van der Waals surface area (Å²) in [6, 6.07) is 7.36. The quantitative estimate of drug-likeness (QED) is 0.743. The summed E-state index contributed by atoms with van der Waals surface area (Å²) in [7, 11) is 0. The number of nitrogens with two attached hydrogens (primary N) is 1. The molecule has 0 saturated carbocycles. The topological polar surface area (TPSA) is 78.7 Å². The van der Waals surface area contributed by atoms with E-state index >= 15 is 0 Å². The van der Waals surface area contributed by atoms with E-state index in [-0.39, 0.29) is 5.56 Å². The molecule has 2 heterocycles. The number of aromatic nitrogens is 4. The molecule has 3 aromatic rings. The Kier molecular flexibility index (Phi) is 3.21. The minimum Gasteiger partial charge on any atom is -0.399 e. The Bertz CT molecular complexity index is 847. The SMILES string of the molecule is CC(C)n1ccc(Cn2cnc3ccc(N)cc3c2=O)n1. The van der Waals surface area contributed by atoms with E-state index in [1.54, 1.807) is 29.1 Å². The lowest BCUT2D eigenvalue weighted by Crippen LogP contribution is -2.21. The van der Waals surface area contributed by atoms with Gasteiger partial charge < -0.3 is 5.73 Å². The van der Waals surface area contributed by atoms with Crippen LogP contribution in [0.5, 0.6) is 0 Å². The highest BCUT2D eigenvalue weighted by Crippen LogP contribution is 2.11. The van der Waals surface area contributed by atoms with Crippen LogP contribution in [0.15, 0.2) is 41.6 Å². The first-order chi connectivity index (χ1) is 10.0. The first-order valence-corrected chi connectivity index (χ1v) is 6.83. The first-order valence-electron chi connectivity index (χ1n) is 6.83. The number of rotatable bonds is 3. The maximum absolute atomic E-state index is 12.5. The summed E-state index contributed by atoms with van der Waals surface area (Å²) >= 11 is 0. The molecule has 6 heteroatoms. The standard InChI is InChI=1S/C15H17N5O/c1-10(2)20-6-5-12(18-20)8-19-9-17-14-4-3-11(16)7-13(14)15(19)21/h3-7,9-10H,8,16H2,1-2H3. The molecule has 0 aliphatic rings. The molecule has 2 aromatic heterocycles. The molecular weight excluding hydrogens is 266 g/mol. The van der Waals surface area contributed by atoms with E-state index in [9.17, 15) is 4.79 Å². The zero-order valence-corrected chi connectivity index (χ0v) is 12.0. The van der Waals surface area contributed by atoms with Crippen LogP contribution in [0.1, 0.15) is 25.6 Å². The molecular formula is C15H17N5O. The third kappa shape index (κ3) is 2.52. The number of anilines is 1. The molecule has 0 amide bonds. The molecule has 0 aliphatic carbocycles. The third-order valence-corrected chi connectivity index (χ3v) is 3.37. The molecule has 6 nitrogen and oxygen atoms in total. The van der Waals surface area contributed by atoms with Gasteiger partial charge in [-0.3, -0.25) is 14.0 Å². The molecule has 0 spiro atoms. The van der Waals surface area contributed by atoms with E-state index in [2.05, 4.69) is 23.9 Å². The van der Waals surface area contributed by atoms with Crippen LogP contribution < -0.4 is 11.3 Å². The summed E-state index contributed by atoms with van der Waals surface area (Å²) in [6.45, 7) is 4.52. The van der Waals surface area contributed by atoms with Gasteiger partial charge in [-0.25, -0.2) is 4.98 Å². The van der Waals surface area contributed by atoms with Crippen LogP contribution in [-0.2, 0) is 6.54 Å². The Hall–Kier alpha value is -2.63. The van der Waals surface area contributed by atoms with Crippen molar-refractivity contribution in [3.8, 4) is 0 Å². The van der Waals surface area contributed by atoms with Crippen molar-refractivity contribution in [2.45, 2.75) is 26.4 Å². The Morgan fingerprint density at radius 1 is 1.29 bits per heavy atom. The zero-order valence-electron chi connectivity index (χ0n) is 12.0. The highest BCUT2D eigenvalue weighted by Gasteiger charge is 2.07. The van der Waals surface area contributed by atoms with Crippen molar-refractivity contribution in [3.05, 3.63) is 52.8 Å². The second kappa shape index (κ2) is 5.05. The molecule has 0 atom stereocenters. The molecule has 3 rings (SSSR count). The fourth-order valence-electron chi connectivity index (χ4n) is 2.21. The summed E-state index contributed by atoms with van der Waals surface area (Å²) in [6.07, 6.45) is 3.47. The van der Waals surface area contributed by atoms with Gasteiger partial charge in [-0.05, 0) is 38.1 Å². The number of benzene rings is 1.